The lowest BCUT2D eigenvalue weighted by molar-refractivity contribution is -0.113. The number of sulfone groups is 1. The predicted octanol–water partition coefficient (Wildman–Crippen LogP) is 2.39. The van der Waals surface area contributed by atoms with Gasteiger partial charge in [-0.3, -0.25) is 4.79 Å². The molecule has 2 atom stereocenters. The number of carbonyl (C=O) groups is 1. The lowest BCUT2D eigenvalue weighted by atomic mass is 10.1. The van der Waals surface area contributed by atoms with Crippen LogP contribution in [0.4, 0.5) is 5.82 Å². The second-order valence-electron chi connectivity index (χ2n) is 6.10. The van der Waals surface area contributed by atoms with Crippen molar-refractivity contribution in [1.29, 1.82) is 0 Å². The molecule has 0 aliphatic carbocycles. The van der Waals surface area contributed by atoms with E-state index in [1.54, 1.807) is 27.8 Å². The fourth-order valence-corrected chi connectivity index (χ4v) is 7.16. The van der Waals surface area contributed by atoms with Crippen LogP contribution in [0.3, 0.4) is 0 Å². The Kier molecular flexibility index (Phi) is 3.97. The molecule has 0 bridgehead atoms. The minimum absolute atomic E-state index is 0.0470. The van der Waals surface area contributed by atoms with Crippen molar-refractivity contribution in [3.05, 3.63) is 33.6 Å². The lowest BCUT2D eigenvalue weighted by Gasteiger charge is -2.15. The molecule has 1 saturated heterocycles. The third kappa shape index (κ3) is 2.78. The van der Waals surface area contributed by atoms with Crippen LogP contribution in [-0.4, -0.2) is 41.4 Å². The fraction of sp³-hybridized carbons (Fsp3) is 0.467. The number of anilines is 1. The molecule has 0 unspecified atom stereocenters. The van der Waals surface area contributed by atoms with Crippen LogP contribution in [0.25, 0.3) is 0 Å². The normalized spacial score (nSPS) is 26.0. The smallest absolute Gasteiger partial charge is 0.235 e. The molecule has 0 saturated carbocycles. The molecular formula is C15H17N3O3S3. The number of rotatable bonds is 2. The van der Waals surface area contributed by atoms with Crippen molar-refractivity contribution in [3.63, 3.8) is 0 Å². The molecular weight excluding hydrogens is 366 g/mol. The SMILES string of the molecule is Cc1nn([C@H]2CCS(=O)(=O)C2)c2c1[C@H](c1cccs1)SCC(=O)N2. The zero-order valence-corrected chi connectivity index (χ0v) is 15.5. The molecule has 24 heavy (non-hydrogen) atoms. The number of aromatic nitrogens is 2. The Labute approximate surface area is 148 Å². The summed E-state index contributed by atoms with van der Waals surface area (Å²) in [5.74, 6) is 1.25. The van der Waals surface area contributed by atoms with Crippen molar-refractivity contribution in [1.82, 2.24) is 9.78 Å². The van der Waals surface area contributed by atoms with Gasteiger partial charge in [0, 0.05) is 10.4 Å². The van der Waals surface area contributed by atoms with Crippen LogP contribution in [0.2, 0.25) is 0 Å². The number of fused-ring (bicyclic) bond motifs is 1. The molecule has 2 aliphatic heterocycles. The summed E-state index contributed by atoms with van der Waals surface area (Å²) in [4.78, 5) is 13.4. The van der Waals surface area contributed by atoms with E-state index in [1.165, 1.54) is 4.88 Å². The fourth-order valence-electron chi connectivity index (χ4n) is 3.31. The molecule has 2 aliphatic rings. The molecule has 4 heterocycles. The summed E-state index contributed by atoms with van der Waals surface area (Å²) in [6.07, 6.45) is 0.544. The average Bonchev–Trinajstić information content (AvgIpc) is 3.20. The molecule has 9 heteroatoms. The van der Waals surface area contributed by atoms with Crippen molar-refractivity contribution >= 4 is 44.7 Å². The minimum atomic E-state index is -3.02. The van der Waals surface area contributed by atoms with Gasteiger partial charge in [0.05, 0.1) is 34.2 Å². The molecule has 0 radical (unpaired) electrons. The van der Waals surface area contributed by atoms with E-state index in [1.807, 2.05) is 18.4 Å². The first-order valence-electron chi connectivity index (χ1n) is 7.69. The zero-order valence-electron chi connectivity index (χ0n) is 13.1. The van der Waals surface area contributed by atoms with Crippen LogP contribution >= 0.6 is 23.1 Å². The van der Waals surface area contributed by atoms with Gasteiger partial charge in [-0.25, -0.2) is 13.1 Å². The number of hydrogen-bond donors (Lipinski definition) is 1. The van der Waals surface area contributed by atoms with Crippen molar-refractivity contribution in [2.75, 3.05) is 22.6 Å². The molecule has 0 spiro atoms. The van der Waals surface area contributed by atoms with E-state index in [4.69, 9.17) is 0 Å². The molecule has 0 aromatic carbocycles. The van der Waals surface area contributed by atoms with Gasteiger partial charge in [0.15, 0.2) is 9.84 Å². The van der Waals surface area contributed by atoms with E-state index in [0.29, 0.717) is 18.0 Å². The summed E-state index contributed by atoms with van der Waals surface area (Å²) in [6, 6.07) is 3.87. The molecule has 1 fully saturated rings. The Hall–Kier alpha value is -1.32. The van der Waals surface area contributed by atoms with Gasteiger partial charge in [-0.15, -0.1) is 23.1 Å². The summed E-state index contributed by atoms with van der Waals surface area (Å²) in [7, 11) is -3.02. The second-order valence-corrected chi connectivity index (χ2v) is 10.4. The van der Waals surface area contributed by atoms with Crippen molar-refractivity contribution < 1.29 is 13.2 Å². The number of thiophene rings is 1. The Morgan fingerprint density at radius 3 is 2.92 bits per heavy atom. The molecule has 1 amide bonds. The van der Waals surface area contributed by atoms with Gasteiger partial charge in [-0.2, -0.15) is 5.10 Å². The van der Waals surface area contributed by atoms with Crippen molar-refractivity contribution in [3.8, 4) is 0 Å². The van der Waals surface area contributed by atoms with E-state index in [-0.39, 0.29) is 28.7 Å². The van der Waals surface area contributed by atoms with Crippen LogP contribution in [0.15, 0.2) is 17.5 Å². The van der Waals surface area contributed by atoms with Gasteiger partial charge < -0.3 is 5.32 Å². The van der Waals surface area contributed by atoms with Crippen LogP contribution < -0.4 is 5.32 Å². The Morgan fingerprint density at radius 2 is 2.25 bits per heavy atom. The van der Waals surface area contributed by atoms with E-state index >= 15 is 0 Å². The topological polar surface area (TPSA) is 81.1 Å². The van der Waals surface area contributed by atoms with Crippen LogP contribution in [0.1, 0.15) is 33.8 Å². The predicted molar refractivity (Wildman–Crippen MR) is 96.5 cm³/mol. The summed E-state index contributed by atoms with van der Waals surface area (Å²) < 4.78 is 25.4. The molecule has 128 valence electrons. The third-order valence-corrected chi connectivity index (χ3v) is 8.48. The maximum absolute atomic E-state index is 12.2. The number of amides is 1. The maximum Gasteiger partial charge on any atom is 0.235 e. The number of nitrogens with one attached hydrogen (secondary N) is 1. The number of aryl methyl sites for hydroxylation is 1. The van der Waals surface area contributed by atoms with Gasteiger partial charge in [0.1, 0.15) is 5.82 Å². The third-order valence-electron chi connectivity index (χ3n) is 4.39. The van der Waals surface area contributed by atoms with E-state index in [9.17, 15) is 13.2 Å². The number of thioether (sulfide) groups is 1. The highest BCUT2D eigenvalue weighted by atomic mass is 32.2. The molecule has 2 aromatic rings. The average molecular weight is 384 g/mol. The van der Waals surface area contributed by atoms with Gasteiger partial charge in [-0.05, 0) is 24.8 Å². The highest BCUT2D eigenvalue weighted by molar-refractivity contribution is 8.00. The minimum Gasteiger partial charge on any atom is -0.310 e. The van der Waals surface area contributed by atoms with Gasteiger partial charge in [0.25, 0.3) is 0 Å². The highest BCUT2D eigenvalue weighted by Gasteiger charge is 2.36. The van der Waals surface area contributed by atoms with Crippen LogP contribution in [0.5, 0.6) is 0 Å². The Morgan fingerprint density at radius 1 is 1.42 bits per heavy atom. The van der Waals surface area contributed by atoms with E-state index in [0.717, 1.165) is 11.3 Å². The van der Waals surface area contributed by atoms with Crippen LogP contribution in [-0.2, 0) is 14.6 Å². The van der Waals surface area contributed by atoms with E-state index < -0.39 is 9.84 Å². The first-order chi connectivity index (χ1) is 11.4. The first kappa shape index (κ1) is 16.2. The highest BCUT2D eigenvalue weighted by Crippen LogP contribution is 2.45. The number of nitrogens with zero attached hydrogens (tertiary/aromatic N) is 2. The standard InChI is InChI=1S/C15H17N3O3S3/c1-9-13-14(11-3-2-5-22-11)23-7-12(19)16-15(13)18(17-9)10-4-6-24(20,21)8-10/h2-3,5,10,14H,4,6-8H2,1H3,(H,16,19)/t10-,14-/m0/s1. The second kappa shape index (κ2) is 5.89. The van der Waals surface area contributed by atoms with E-state index in [2.05, 4.69) is 16.5 Å². The maximum atomic E-state index is 12.2. The first-order valence-corrected chi connectivity index (χ1v) is 11.4. The van der Waals surface area contributed by atoms with Crippen molar-refractivity contribution in [2.24, 2.45) is 0 Å². The van der Waals surface area contributed by atoms with Crippen LogP contribution in [0, 0.1) is 6.92 Å². The van der Waals surface area contributed by atoms with Crippen molar-refractivity contribution in [2.45, 2.75) is 24.6 Å². The molecule has 4 rings (SSSR count). The molecule has 1 N–H and O–H groups in total. The summed E-state index contributed by atoms with van der Waals surface area (Å²) in [5, 5.41) is 9.64. The zero-order chi connectivity index (χ0) is 16.9. The summed E-state index contributed by atoms with van der Waals surface area (Å²) in [5.41, 5.74) is 1.85. The molecule has 6 nitrogen and oxygen atoms in total. The summed E-state index contributed by atoms with van der Waals surface area (Å²) >= 11 is 3.25. The number of hydrogen-bond acceptors (Lipinski definition) is 6. The summed E-state index contributed by atoms with van der Waals surface area (Å²) in [6.45, 7) is 1.93. The molecule has 2 aromatic heterocycles. The largest absolute Gasteiger partial charge is 0.310 e. The van der Waals surface area contributed by atoms with Gasteiger partial charge in [0.2, 0.25) is 5.91 Å². The van der Waals surface area contributed by atoms with Gasteiger partial charge in [-0.1, -0.05) is 6.07 Å². The lowest BCUT2D eigenvalue weighted by Crippen LogP contribution is -2.20. The Balaban J connectivity index is 1.82. The number of carbonyl (C=O) groups excluding carboxylic acids is 1. The Bertz CT molecular complexity index is 887. The van der Waals surface area contributed by atoms with Gasteiger partial charge >= 0.3 is 0 Å². The quantitative estimate of drug-likeness (QED) is 0.861. The monoisotopic (exact) mass is 383 g/mol.